The molecule has 0 aromatic heterocycles. The molecule has 0 bridgehead atoms. The second-order valence-corrected chi connectivity index (χ2v) is 24.8. The van der Waals surface area contributed by atoms with Crippen LogP contribution in [-0.4, -0.2) is 96.7 Å². The zero-order valence-electron chi connectivity index (χ0n) is 49.8. The second kappa shape index (κ2) is 53.1. The van der Waals surface area contributed by atoms with Gasteiger partial charge in [0.25, 0.3) is 0 Å². The lowest BCUT2D eigenvalue weighted by Crippen LogP contribution is -2.30. The molecule has 0 aliphatic heterocycles. The number of phosphoric ester groups is 2. The van der Waals surface area contributed by atoms with E-state index in [4.69, 9.17) is 37.0 Å². The third-order valence-corrected chi connectivity index (χ3v) is 15.4. The largest absolute Gasteiger partial charge is 0.472 e. The van der Waals surface area contributed by atoms with Gasteiger partial charge in [-0.05, 0) is 31.6 Å². The van der Waals surface area contributed by atoms with E-state index in [9.17, 15) is 43.2 Å². The first-order valence-corrected chi connectivity index (χ1v) is 34.1. The average molecular weight is 1160 g/mol. The van der Waals surface area contributed by atoms with Gasteiger partial charge < -0.3 is 33.8 Å². The Morgan fingerprint density at radius 3 is 0.872 bits per heavy atom. The molecule has 78 heavy (non-hydrogen) atoms. The maximum Gasteiger partial charge on any atom is 0.472 e. The zero-order valence-corrected chi connectivity index (χ0v) is 51.6. The second-order valence-electron chi connectivity index (χ2n) is 21.9. The highest BCUT2D eigenvalue weighted by atomic mass is 31.2. The minimum absolute atomic E-state index is 0.104. The summed E-state index contributed by atoms with van der Waals surface area (Å²) in [5.74, 6) is -1.45. The van der Waals surface area contributed by atoms with Gasteiger partial charge in [-0.2, -0.15) is 0 Å². The van der Waals surface area contributed by atoms with E-state index in [0.717, 1.165) is 96.3 Å². The van der Waals surface area contributed by atoms with Crippen LogP contribution in [0.4, 0.5) is 0 Å². The van der Waals surface area contributed by atoms with Crippen molar-refractivity contribution >= 4 is 39.5 Å². The minimum Gasteiger partial charge on any atom is -0.462 e. The topological polar surface area (TPSA) is 237 Å². The lowest BCUT2D eigenvalue weighted by Gasteiger charge is -2.21. The Morgan fingerprint density at radius 1 is 0.346 bits per heavy atom. The van der Waals surface area contributed by atoms with Crippen molar-refractivity contribution in [1.29, 1.82) is 0 Å². The molecule has 5 atom stereocenters. The Labute approximate surface area is 473 Å². The van der Waals surface area contributed by atoms with Gasteiger partial charge in [-0.25, -0.2) is 9.13 Å². The van der Waals surface area contributed by atoms with Gasteiger partial charge in [-0.15, -0.1) is 0 Å². The predicted molar refractivity (Wildman–Crippen MR) is 308 cm³/mol. The van der Waals surface area contributed by atoms with Crippen LogP contribution in [0.15, 0.2) is 0 Å². The number of hydrogen-bond acceptors (Lipinski definition) is 15. The zero-order chi connectivity index (χ0) is 57.8. The molecule has 0 aliphatic rings. The molecule has 0 fully saturated rings. The lowest BCUT2D eigenvalue weighted by atomic mass is 10.0. The van der Waals surface area contributed by atoms with Crippen molar-refractivity contribution in [2.75, 3.05) is 39.6 Å². The van der Waals surface area contributed by atoms with Crippen LogP contribution < -0.4 is 0 Å². The molecule has 3 N–H and O–H groups in total. The molecule has 19 heteroatoms. The summed E-state index contributed by atoms with van der Waals surface area (Å²) in [5.41, 5.74) is 0. The van der Waals surface area contributed by atoms with Gasteiger partial charge >= 0.3 is 39.5 Å². The molecule has 2 unspecified atom stereocenters. The highest BCUT2D eigenvalue weighted by molar-refractivity contribution is 7.47. The van der Waals surface area contributed by atoms with Crippen LogP contribution in [0, 0.1) is 5.92 Å². The summed E-state index contributed by atoms with van der Waals surface area (Å²) in [4.78, 5) is 71.8. The fraction of sp³-hybridized carbons (Fsp3) is 0.932. The van der Waals surface area contributed by atoms with Crippen LogP contribution in [0.3, 0.4) is 0 Å². The minimum atomic E-state index is -4.94. The van der Waals surface area contributed by atoms with E-state index in [1.807, 2.05) is 0 Å². The Hall–Kier alpha value is -1.94. The third kappa shape index (κ3) is 53.4. The highest BCUT2D eigenvalue weighted by Gasteiger charge is 2.30. The van der Waals surface area contributed by atoms with Gasteiger partial charge in [0.05, 0.1) is 26.4 Å². The van der Waals surface area contributed by atoms with Crippen molar-refractivity contribution in [2.45, 2.75) is 310 Å². The number of aliphatic hydroxyl groups is 1. The predicted octanol–water partition coefficient (Wildman–Crippen LogP) is 15.8. The first-order valence-electron chi connectivity index (χ1n) is 31.1. The van der Waals surface area contributed by atoms with E-state index in [2.05, 4.69) is 34.6 Å². The van der Waals surface area contributed by atoms with Crippen molar-refractivity contribution < 1.29 is 80.2 Å². The first-order chi connectivity index (χ1) is 37.5. The molecule has 0 radical (unpaired) electrons. The van der Waals surface area contributed by atoms with E-state index in [1.165, 1.54) is 109 Å². The van der Waals surface area contributed by atoms with Crippen molar-refractivity contribution in [1.82, 2.24) is 0 Å². The maximum atomic E-state index is 12.9. The summed E-state index contributed by atoms with van der Waals surface area (Å²) in [6.45, 7) is 7.05. The number of ether oxygens (including phenoxy) is 4. The number of phosphoric acid groups is 2. The van der Waals surface area contributed by atoms with Crippen LogP contribution in [0.25, 0.3) is 0 Å². The summed E-state index contributed by atoms with van der Waals surface area (Å²) in [6, 6.07) is 0. The van der Waals surface area contributed by atoms with Gasteiger partial charge in [0, 0.05) is 25.7 Å². The van der Waals surface area contributed by atoms with E-state index >= 15 is 0 Å². The number of esters is 4. The summed E-state index contributed by atoms with van der Waals surface area (Å²) in [5, 5.41) is 10.5. The van der Waals surface area contributed by atoms with Crippen molar-refractivity contribution in [3.63, 3.8) is 0 Å². The Kier molecular flexibility index (Phi) is 51.8. The molecule has 0 saturated heterocycles. The smallest absolute Gasteiger partial charge is 0.462 e. The van der Waals surface area contributed by atoms with Crippen molar-refractivity contribution in [3.05, 3.63) is 0 Å². The number of aliphatic hydroxyl groups excluding tert-OH is 1. The molecule has 0 spiro atoms. The maximum absolute atomic E-state index is 12.9. The average Bonchev–Trinajstić information content (AvgIpc) is 3.40. The molecular weight excluding hydrogens is 1040 g/mol. The lowest BCUT2D eigenvalue weighted by molar-refractivity contribution is -0.161. The van der Waals surface area contributed by atoms with Gasteiger partial charge in [-0.3, -0.25) is 37.3 Å². The molecule has 0 amide bonds. The van der Waals surface area contributed by atoms with Gasteiger partial charge in [0.15, 0.2) is 12.2 Å². The van der Waals surface area contributed by atoms with Crippen LogP contribution >= 0.6 is 15.6 Å². The Morgan fingerprint density at radius 2 is 0.590 bits per heavy atom. The van der Waals surface area contributed by atoms with Crippen molar-refractivity contribution in [2.24, 2.45) is 5.92 Å². The normalized spacial score (nSPS) is 14.4. The molecule has 0 rings (SSSR count). The van der Waals surface area contributed by atoms with E-state index in [0.29, 0.717) is 31.6 Å². The number of carbonyl (C=O) groups is 4. The molecule has 0 aromatic carbocycles. The fourth-order valence-corrected chi connectivity index (χ4v) is 10.3. The molecular formula is C59H114O17P2. The van der Waals surface area contributed by atoms with Gasteiger partial charge in [0.2, 0.25) is 0 Å². The van der Waals surface area contributed by atoms with Crippen LogP contribution in [0.2, 0.25) is 0 Å². The standard InChI is InChI=1S/C59H114O17P2/c1-6-9-12-15-18-21-23-28-33-38-43-57(62)70-49-55(76-59(64)45-40-35-30-25-26-31-36-41-52(4)5)51-74-78(67,68)72-47-53(60)46-71-77(65,66)73-50-54(48-69-56(61)42-37-32-27-20-17-14-11-8-3)75-58(63)44-39-34-29-24-22-19-16-13-10-7-2/h52-55,60H,6-51H2,1-5H3,(H,65,66)(H,67,68)/t53-,54+,55+/m0/s1. The Balaban J connectivity index is 5.22. The number of unbranched alkanes of at least 4 members (excludes halogenated alkanes) is 31. The van der Waals surface area contributed by atoms with Gasteiger partial charge in [-0.1, -0.05) is 240 Å². The molecule has 0 saturated carbocycles. The van der Waals surface area contributed by atoms with Crippen LogP contribution in [0.5, 0.6) is 0 Å². The van der Waals surface area contributed by atoms with Crippen LogP contribution in [0.1, 0.15) is 291 Å². The molecule has 17 nitrogen and oxygen atoms in total. The fourth-order valence-electron chi connectivity index (χ4n) is 8.70. The molecule has 462 valence electrons. The summed E-state index contributed by atoms with van der Waals surface area (Å²) in [7, 11) is -9.87. The Bertz CT molecular complexity index is 1530. The SMILES string of the molecule is CCCCCCCCCCCCC(=O)OC[C@H](COP(=O)(O)OC[C@@H](O)COP(=O)(O)OC[C@@H](COC(=O)CCCCCCCCCC)OC(=O)CCCCCCCCCCCC)OC(=O)CCCCCCCCCC(C)C. The van der Waals surface area contributed by atoms with Crippen LogP contribution in [-0.2, 0) is 65.4 Å². The molecule has 0 heterocycles. The quantitative estimate of drug-likeness (QED) is 0.0222. The number of hydrogen-bond donors (Lipinski definition) is 3. The third-order valence-electron chi connectivity index (χ3n) is 13.5. The van der Waals surface area contributed by atoms with Gasteiger partial charge in [0.1, 0.15) is 19.3 Å². The first kappa shape index (κ1) is 76.1. The van der Waals surface area contributed by atoms with E-state index in [1.54, 1.807) is 0 Å². The van der Waals surface area contributed by atoms with Crippen molar-refractivity contribution in [3.8, 4) is 0 Å². The molecule has 0 aliphatic carbocycles. The summed E-state index contributed by atoms with van der Waals surface area (Å²) >= 11 is 0. The van der Waals surface area contributed by atoms with E-state index in [-0.39, 0.29) is 25.7 Å². The van der Waals surface area contributed by atoms with E-state index < -0.39 is 97.5 Å². The molecule has 0 aromatic rings. The summed E-state index contributed by atoms with van der Waals surface area (Å²) < 4.78 is 67.7. The highest BCUT2D eigenvalue weighted by Crippen LogP contribution is 2.45. The number of rotatable bonds is 59. The number of carbonyl (C=O) groups excluding carboxylic acids is 4. The monoisotopic (exact) mass is 1160 g/mol. The summed E-state index contributed by atoms with van der Waals surface area (Å²) in [6.07, 6.45) is 34.9.